The molecule has 4 amide bonds. The summed E-state index contributed by atoms with van der Waals surface area (Å²) in [5, 5.41) is 6.23. The van der Waals surface area contributed by atoms with Gasteiger partial charge in [0, 0.05) is 30.3 Å². The summed E-state index contributed by atoms with van der Waals surface area (Å²) in [7, 11) is 0. The highest BCUT2D eigenvalue weighted by Gasteiger charge is 2.70. The van der Waals surface area contributed by atoms with E-state index in [1.54, 1.807) is 0 Å². The number of amides is 4. The van der Waals surface area contributed by atoms with Crippen molar-refractivity contribution in [3.8, 4) is 0 Å². The van der Waals surface area contributed by atoms with Crippen molar-refractivity contribution in [3.05, 3.63) is 29.3 Å². The number of rotatable bonds is 7. The van der Waals surface area contributed by atoms with Gasteiger partial charge in [0.25, 0.3) is 0 Å². The van der Waals surface area contributed by atoms with Gasteiger partial charge in [-0.15, -0.1) is 0 Å². The van der Waals surface area contributed by atoms with Gasteiger partial charge in [0.05, 0.1) is 11.8 Å². The number of benzene rings is 1. The Bertz CT molecular complexity index is 930. The van der Waals surface area contributed by atoms with Gasteiger partial charge in [-0.2, -0.15) is 0 Å². The molecule has 4 unspecified atom stereocenters. The van der Waals surface area contributed by atoms with Gasteiger partial charge >= 0.3 is 0 Å². The first-order chi connectivity index (χ1) is 14.3. The van der Waals surface area contributed by atoms with Crippen molar-refractivity contribution in [2.24, 2.45) is 17.6 Å². The van der Waals surface area contributed by atoms with Gasteiger partial charge in [0.2, 0.25) is 23.6 Å². The number of unbranched alkanes of at least 4 members (excludes halogenated alkanes) is 1. The normalized spacial score (nSPS) is 29.5. The van der Waals surface area contributed by atoms with Gasteiger partial charge in [0.15, 0.2) is 0 Å². The average Bonchev–Trinajstić information content (AvgIpc) is 3.30. The molecule has 0 saturated carbocycles. The molecule has 2 saturated heterocycles. The molecule has 3 aliphatic rings. The molecule has 3 heterocycles. The second-order valence-corrected chi connectivity index (χ2v) is 8.44. The molecular weight excluding hydrogens is 384 g/mol. The van der Waals surface area contributed by atoms with E-state index in [4.69, 9.17) is 5.73 Å². The molecule has 8 nitrogen and oxygen atoms in total. The smallest absolute Gasteiger partial charge is 0.250 e. The summed E-state index contributed by atoms with van der Waals surface area (Å²) in [4.78, 5) is 52.7. The van der Waals surface area contributed by atoms with E-state index in [1.807, 2.05) is 32.0 Å². The number of primary amides is 1. The van der Waals surface area contributed by atoms with Crippen molar-refractivity contribution in [2.75, 3.05) is 11.9 Å². The summed E-state index contributed by atoms with van der Waals surface area (Å²) < 4.78 is 0. The van der Waals surface area contributed by atoms with Crippen LogP contribution in [0, 0.1) is 11.8 Å². The molecule has 4 rings (SSSR count). The molecular formula is C22H28N4O4. The van der Waals surface area contributed by atoms with E-state index in [9.17, 15) is 19.2 Å². The van der Waals surface area contributed by atoms with Crippen LogP contribution in [0.25, 0.3) is 0 Å². The first kappa shape index (κ1) is 20.5. The second-order valence-electron chi connectivity index (χ2n) is 8.44. The van der Waals surface area contributed by atoms with Crippen LogP contribution in [0.4, 0.5) is 5.69 Å². The van der Waals surface area contributed by atoms with E-state index in [1.165, 1.54) is 4.90 Å². The molecule has 30 heavy (non-hydrogen) atoms. The zero-order chi connectivity index (χ0) is 21.6. The molecule has 4 N–H and O–H groups in total. The highest BCUT2D eigenvalue weighted by Crippen LogP contribution is 2.53. The quantitative estimate of drug-likeness (QED) is 0.578. The minimum Gasteiger partial charge on any atom is -0.370 e. The molecule has 8 heteroatoms. The van der Waals surface area contributed by atoms with E-state index < -0.39 is 29.3 Å². The summed E-state index contributed by atoms with van der Waals surface area (Å²) >= 11 is 0. The molecule has 0 aliphatic carbocycles. The Labute approximate surface area is 175 Å². The number of carbonyl (C=O) groups excluding carboxylic acids is 4. The average molecular weight is 412 g/mol. The lowest BCUT2D eigenvalue weighted by Crippen LogP contribution is -2.53. The summed E-state index contributed by atoms with van der Waals surface area (Å²) in [5.74, 6) is -2.87. The van der Waals surface area contributed by atoms with Gasteiger partial charge in [-0.3, -0.25) is 29.4 Å². The lowest BCUT2D eigenvalue weighted by atomic mass is 9.76. The predicted molar refractivity (Wildman–Crippen MR) is 110 cm³/mol. The summed E-state index contributed by atoms with van der Waals surface area (Å²) in [6.07, 6.45) is 2.73. The number of hydrogen-bond acceptors (Lipinski definition) is 5. The zero-order valence-electron chi connectivity index (χ0n) is 17.4. The SMILES string of the molecule is CCCCN1C(=O)C2C(CCC(N)=O)NC3(C(=O)Nc4ccc(CC)cc43)C2C1=O. The number of nitrogens with one attached hydrogen (secondary N) is 2. The molecule has 0 radical (unpaired) electrons. The summed E-state index contributed by atoms with van der Waals surface area (Å²) in [6.45, 7) is 4.37. The van der Waals surface area contributed by atoms with Crippen LogP contribution in [-0.2, 0) is 31.1 Å². The number of nitrogens with two attached hydrogens (primary N) is 1. The minimum atomic E-state index is -1.30. The number of imide groups is 1. The van der Waals surface area contributed by atoms with Crippen molar-refractivity contribution in [2.45, 2.75) is 57.5 Å². The van der Waals surface area contributed by atoms with E-state index in [2.05, 4.69) is 10.6 Å². The maximum atomic E-state index is 13.5. The third-order valence-electron chi connectivity index (χ3n) is 6.72. The van der Waals surface area contributed by atoms with Gasteiger partial charge in [-0.05, 0) is 30.9 Å². The Morgan fingerprint density at radius 3 is 2.63 bits per heavy atom. The largest absolute Gasteiger partial charge is 0.370 e. The minimum absolute atomic E-state index is 0.0802. The van der Waals surface area contributed by atoms with Crippen molar-refractivity contribution in [1.29, 1.82) is 0 Å². The van der Waals surface area contributed by atoms with Crippen LogP contribution in [0.15, 0.2) is 18.2 Å². The van der Waals surface area contributed by atoms with Gasteiger partial charge in [-0.1, -0.05) is 32.4 Å². The van der Waals surface area contributed by atoms with Crippen molar-refractivity contribution in [3.63, 3.8) is 0 Å². The molecule has 1 spiro atoms. The van der Waals surface area contributed by atoms with Crippen LogP contribution in [0.2, 0.25) is 0 Å². The molecule has 0 aromatic heterocycles. The number of hydrogen-bond donors (Lipinski definition) is 3. The number of likely N-dealkylation sites (tertiary alicyclic amines) is 1. The Hall–Kier alpha value is -2.74. The zero-order valence-corrected chi connectivity index (χ0v) is 17.4. The van der Waals surface area contributed by atoms with E-state index in [-0.39, 0.29) is 24.1 Å². The van der Waals surface area contributed by atoms with Gasteiger partial charge < -0.3 is 11.1 Å². The van der Waals surface area contributed by atoms with Gasteiger partial charge in [-0.25, -0.2) is 0 Å². The van der Waals surface area contributed by atoms with Crippen LogP contribution in [-0.4, -0.2) is 41.1 Å². The van der Waals surface area contributed by atoms with Crippen LogP contribution in [0.5, 0.6) is 0 Å². The maximum Gasteiger partial charge on any atom is 0.250 e. The first-order valence-electron chi connectivity index (χ1n) is 10.7. The first-order valence-corrected chi connectivity index (χ1v) is 10.7. The molecule has 160 valence electrons. The van der Waals surface area contributed by atoms with Crippen molar-refractivity contribution >= 4 is 29.3 Å². The summed E-state index contributed by atoms with van der Waals surface area (Å²) in [6, 6.07) is 5.27. The maximum absolute atomic E-state index is 13.5. The van der Waals surface area contributed by atoms with Crippen molar-refractivity contribution < 1.29 is 19.2 Å². The Balaban J connectivity index is 1.81. The molecule has 0 bridgehead atoms. The fourth-order valence-electron chi connectivity index (χ4n) is 5.21. The molecule has 1 aromatic rings. The predicted octanol–water partition coefficient (Wildman–Crippen LogP) is 1.04. The van der Waals surface area contributed by atoms with Crippen LogP contribution < -0.4 is 16.4 Å². The highest BCUT2D eigenvalue weighted by molar-refractivity contribution is 6.15. The Morgan fingerprint density at radius 2 is 1.97 bits per heavy atom. The van der Waals surface area contributed by atoms with Crippen LogP contribution in [0.1, 0.15) is 50.7 Å². The third kappa shape index (κ3) is 2.85. The number of nitrogens with zero attached hydrogens (tertiary/aromatic N) is 1. The number of carbonyl (C=O) groups is 4. The lowest BCUT2D eigenvalue weighted by molar-refractivity contribution is -0.143. The topological polar surface area (TPSA) is 122 Å². The fourth-order valence-corrected chi connectivity index (χ4v) is 5.21. The third-order valence-corrected chi connectivity index (χ3v) is 6.72. The van der Waals surface area contributed by atoms with Crippen LogP contribution >= 0.6 is 0 Å². The number of aryl methyl sites for hydroxylation is 1. The highest BCUT2D eigenvalue weighted by atomic mass is 16.2. The van der Waals surface area contributed by atoms with Crippen molar-refractivity contribution in [1.82, 2.24) is 10.2 Å². The van der Waals surface area contributed by atoms with E-state index >= 15 is 0 Å². The Morgan fingerprint density at radius 1 is 1.20 bits per heavy atom. The molecule has 2 fully saturated rings. The van der Waals surface area contributed by atoms with Crippen LogP contribution in [0.3, 0.4) is 0 Å². The summed E-state index contributed by atoms with van der Waals surface area (Å²) in [5.41, 5.74) is 6.45. The number of fused-ring (bicyclic) bond motifs is 4. The fraction of sp³-hybridized carbons (Fsp3) is 0.545. The standard InChI is InChI=1S/C22H28N4O4/c1-3-5-10-26-19(28)17-15(8-9-16(23)27)25-22(18(17)20(26)29)13-11-12(4-2)6-7-14(13)24-21(22)30/h6-7,11,15,17-18,25H,3-5,8-10H2,1-2H3,(H2,23,27)(H,24,30). The second kappa shape index (κ2) is 7.50. The lowest BCUT2D eigenvalue weighted by Gasteiger charge is -2.29. The van der Waals surface area contributed by atoms with Gasteiger partial charge in [0.1, 0.15) is 5.54 Å². The molecule has 4 atom stereocenters. The Kier molecular flexibility index (Phi) is 5.13. The van der Waals surface area contributed by atoms with E-state index in [0.29, 0.717) is 30.6 Å². The molecule has 1 aromatic carbocycles. The van der Waals surface area contributed by atoms with E-state index in [0.717, 1.165) is 18.4 Å². The monoisotopic (exact) mass is 412 g/mol. The number of anilines is 1. The molecule has 3 aliphatic heterocycles.